The van der Waals surface area contributed by atoms with Crippen LogP contribution in [-0.2, 0) is 28.3 Å². The Kier molecular flexibility index (Phi) is 3.65. The zero-order chi connectivity index (χ0) is 13.2. The molecule has 2 atom stereocenters. The maximum atomic E-state index is 11.6. The zero-order valence-electron chi connectivity index (χ0n) is 9.61. The highest BCUT2D eigenvalue weighted by atomic mass is 32.3. The number of hydrogen-bond donors (Lipinski definition) is 0. The van der Waals surface area contributed by atoms with Gasteiger partial charge in [0.15, 0.2) is 0 Å². The summed E-state index contributed by atoms with van der Waals surface area (Å²) >= 11 is 0. The topological polar surface area (TPSA) is 78.9 Å². The van der Waals surface area contributed by atoms with E-state index < -0.39 is 28.6 Å². The molecule has 0 unspecified atom stereocenters. The molecule has 1 aliphatic rings. The van der Waals surface area contributed by atoms with E-state index in [1.54, 1.807) is 37.3 Å². The molecule has 0 aliphatic carbocycles. The predicted molar refractivity (Wildman–Crippen MR) is 60.7 cm³/mol. The van der Waals surface area contributed by atoms with E-state index in [-0.39, 0.29) is 6.61 Å². The molecule has 0 aromatic heterocycles. The summed E-state index contributed by atoms with van der Waals surface area (Å²) in [6.45, 7) is 1.76. The Hall–Kier alpha value is -1.44. The first kappa shape index (κ1) is 13.0. The second-order valence-electron chi connectivity index (χ2n) is 3.60. The first-order valence-corrected chi connectivity index (χ1v) is 6.70. The van der Waals surface area contributed by atoms with Crippen molar-refractivity contribution < 1.29 is 26.3 Å². The molecule has 0 N–H and O–H groups in total. The number of esters is 1. The standard InChI is InChI=1S/C11H12O6S/c1-2-15-11(12)10-9(16-18(13,14)17-10)8-6-4-3-5-7-8/h3-7,9-10H,2H2,1H3/t9-,10+/m1/s1. The first-order valence-electron chi connectivity index (χ1n) is 5.36. The minimum absolute atomic E-state index is 0.139. The average molecular weight is 272 g/mol. The third-order valence-electron chi connectivity index (χ3n) is 2.37. The van der Waals surface area contributed by atoms with Crippen molar-refractivity contribution in [2.45, 2.75) is 19.1 Å². The highest BCUT2D eigenvalue weighted by Crippen LogP contribution is 2.34. The first-order chi connectivity index (χ1) is 8.53. The molecule has 1 aliphatic heterocycles. The molecular formula is C11H12O6S. The average Bonchev–Trinajstić information content (AvgIpc) is 2.67. The van der Waals surface area contributed by atoms with Gasteiger partial charge in [0.2, 0.25) is 6.10 Å². The smallest absolute Gasteiger partial charge is 0.401 e. The summed E-state index contributed by atoms with van der Waals surface area (Å²) < 4.78 is 36.7. The summed E-state index contributed by atoms with van der Waals surface area (Å²) in [5.41, 5.74) is 0.539. The van der Waals surface area contributed by atoms with Crippen LogP contribution < -0.4 is 0 Å². The van der Waals surface area contributed by atoms with Crippen molar-refractivity contribution in [3.8, 4) is 0 Å². The van der Waals surface area contributed by atoms with E-state index in [0.717, 1.165) is 0 Å². The molecule has 0 radical (unpaired) electrons. The van der Waals surface area contributed by atoms with Gasteiger partial charge in [-0.25, -0.2) is 13.2 Å². The minimum atomic E-state index is -4.16. The van der Waals surface area contributed by atoms with Gasteiger partial charge in [0.05, 0.1) is 6.61 Å². The molecule has 2 rings (SSSR count). The fraction of sp³-hybridized carbons (Fsp3) is 0.364. The minimum Gasteiger partial charge on any atom is -0.464 e. The Labute approximate surface area is 105 Å². The van der Waals surface area contributed by atoms with Gasteiger partial charge in [0.1, 0.15) is 6.10 Å². The number of carbonyl (C=O) groups is 1. The summed E-state index contributed by atoms with van der Waals surface area (Å²) in [5.74, 6) is -0.757. The van der Waals surface area contributed by atoms with Crippen LogP contribution in [-0.4, -0.2) is 27.1 Å². The van der Waals surface area contributed by atoms with E-state index in [1.165, 1.54) is 0 Å². The fourth-order valence-electron chi connectivity index (χ4n) is 1.64. The second kappa shape index (κ2) is 5.05. The van der Waals surface area contributed by atoms with E-state index in [4.69, 9.17) is 8.92 Å². The van der Waals surface area contributed by atoms with E-state index in [9.17, 15) is 13.2 Å². The van der Waals surface area contributed by atoms with Gasteiger partial charge in [-0.05, 0) is 12.5 Å². The van der Waals surface area contributed by atoms with Crippen molar-refractivity contribution in [3.05, 3.63) is 35.9 Å². The lowest BCUT2D eigenvalue weighted by molar-refractivity contribution is -0.152. The predicted octanol–water partition coefficient (Wildman–Crippen LogP) is 0.951. The number of rotatable bonds is 3. The van der Waals surface area contributed by atoms with Crippen LogP contribution in [0.1, 0.15) is 18.6 Å². The van der Waals surface area contributed by atoms with Crippen LogP contribution in [0.2, 0.25) is 0 Å². The summed E-state index contributed by atoms with van der Waals surface area (Å²) in [7, 11) is -4.16. The van der Waals surface area contributed by atoms with E-state index >= 15 is 0 Å². The van der Waals surface area contributed by atoms with Crippen LogP contribution >= 0.6 is 0 Å². The zero-order valence-corrected chi connectivity index (χ0v) is 10.4. The van der Waals surface area contributed by atoms with Crippen molar-refractivity contribution in [3.63, 3.8) is 0 Å². The van der Waals surface area contributed by atoms with Crippen LogP contribution in [0.5, 0.6) is 0 Å². The van der Waals surface area contributed by atoms with Crippen LogP contribution in [0.3, 0.4) is 0 Å². The molecule has 1 heterocycles. The highest BCUT2D eigenvalue weighted by molar-refractivity contribution is 7.82. The van der Waals surface area contributed by atoms with Crippen LogP contribution in [0.25, 0.3) is 0 Å². The van der Waals surface area contributed by atoms with Gasteiger partial charge in [-0.1, -0.05) is 30.3 Å². The van der Waals surface area contributed by atoms with Crippen molar-refractivity contribution in [2.75, 3.05) is 6.61 Å². The van der Waals surface area contributed by atoms with Crippen molar-refractivity contribution >= 4 is 16.4 Å². The Balaban J connectivity index is 2.29. The Morgan fingerprint density at radius 3 is 2.56 bits per heavy atom. The Bertz CT molecular complexity index is 524. The Morgan fingerprint density at radius 2 is 1.94 bits per heavy atom. The summed E-state index contributed by atoms with van der Waals surface area (Å²) in [6, 6.07) is 8.51. The van der Waals surface area contributed by atoms with Gasteiger partial charge in [0, 0.05) is 0 Å². The summed E-state index contributed by atoms with van der Waals surface area (Å²) in [4.78, 5) is 11.6. The molecule has 0 saturated carbocycles. The molecule has 6 nitrogen and oxygen atoms in total. The summed E-state index contributed by atoms with van der Waals surface area (Å²) in [6.07, 6.45) is -2.30. The van der Waals surface area contributed by atoms with Gasteiger partial charge in [-0.15, -0.1) is 0 Å². The lowest BCUT2D eigenvalue weighted by Gasteiger charge is -2.13. The summed E-state index contributed by atoms with van der Waals surface area (Å²) in [5, 5.41) is 0. The number of benzene rings is 1. The van der Waals surface area contributed by atoms with Crippen molar-refractivity contribution in [1.82, 2.24) is 0 Å². The monoisotopic (exact) mass is 272 g/mol. The van der Waals surface area contributed by atoms with Gasteiger partial charge in [0.25, 0.3) is 0 Å². The van der Waals surface area contributed by atoms with E-state index in [0.29, 0.717) is 5.56 Å². The largest absolute Gasteiger partial charge is 0.464 e. The quantitative estimate of drug-likeness (QED) is 0.762. The molecule has 18 heavy (non-hydrogen) atoms. The van der Waals surface area contributed by atoms with Gasteiger partial charge in [-0.2, -0.15) is 8.42 Å². The van der Waals surface area contributed by atoms with Crippen molar-refractivity contribution in [1.29, 1.82) is 0 Å². The molecule has 0 bridgehead atoms. The van der Waals surface area contributed by atoms with Crippen LogP contribution in [0, 0.1) is 0 Å². The molecule has 1 aromatic carbocycles. The van der Waals surface area contributed by atoms with Gasteiger partial charge >= 0.3 is 16.4 Å². The Morgan fingerprint density at radius 1 is 1.28 bits per heavy atom. The molecule has 7 heteroatoms. The third-order valence-corrected chi connectivity index (χ3v) is 3.25. The van der Waals surface area contributed by atoms with Crippen LogP contribution in [0.15, 0.2) is 30.3 Å². The lowest BCUT2D eigenvalue weighted by atomic mass is 10.0. The SMILES string of the molecule is CCOC(=O)[C@H]1OS(=O)(=O)O[C@@H]1c1ccccc1. The molecule has 0 spiro atoms. The lowest BCUT2D eigenvalue weighted by Crippen LogP contribution is -2.28. The third kappa shape index (κ3) is 2.69. The molecule has 1 aromatic rings. The molecule has 0 amide bonds. The fourth-order valence-corrected chi connectivity index (χ4v) is 2.58. The number of hydrogen-bond acceptors (Lipinski definition) is 6. The van der Waals surface area contributed by atoms with Crippen LogP contribution in [0.4, 0.5) is 0 Å². The number of carbonyl (C=O) groups excluding carboxylic acids is 1. The second-order valence-corrected chi connectivity index (χ2v) is 4.81. The normalized spacial score (nSPS) is 25.8. The molecular weight excluding hydrogens is 260 g/mol. The highest BCUT2D eigenvalue weighted by Gasteiger charge is 2.46. The molecule has 98 valence electrons. The number of ether oxygens (including phenoxy) is 1. The van der Waals surface area contributed by atoms with Gasteiger partial charge < -0.3 is 4.74 Å². The van der Waals surface area contributed by atoms with E-state index in [1.807, 2.05) is 0 Å². The van der Waals surface area contributed by atoms with Crippen molar-refractivity contribution in [2.24, 2.45) is 0 Å². The van der Waals surface area contributed by atoms with E-state index in [2.05, 4.69) is 4.18 Å². The maximum Gasteiger partial charge on any atom is 0.401 e. The maximum absolute atomic E-state index is 11.6. The molecule has 1 fully saturated rings. The van der Waals surface area contributed by atoms with Gasteiger partial charge in [-0.3, -0.25) is 0 Å². The molecule has 1 saturated heterocycles.